The molecule has 0 fully saturated rings. The average Bonchev–Trinajstić information content (AvgIpc) is 2.29. The number of benzene rings is 1. The van der Waals surface area contributed by atoms with Crippen molar-refractivity contribution in [2.75, 3.05) is 12.9 Å². The third-order valence-electron chi connectivity index (χ3n) is 1.91. The van der Waals surface area contributed by atoms with Gasteiger partial charge in [-0.25, -0.2) is 4.79 Å². The topological polar surface area (TPSA) is 46.5 Å². The van der Waals surface area contributed by atoms with Crippen molar-refractivity contribution < 1.29 is 14.6 Å². The molecule has 1 atom stereocenters. The largest absolute Gasteiger partial charge is 0.466 e. The number of rotatable bonds is 5. The lowest BCUT2D eigenvalue weighted by molar-refractivity contribution is -0.145. The van der Waals surface area contributed by atoms with Gasteiger partial charge >= 0.3 is 5.97 Å². The van der Waals surface area contributed by atoms with Crippen LogP contribution in [0.2, 0.25) is 0 Å². The van der Waals surface area contributed by atoms with Crippen LogP contribution in [0.4, 0.5) is 0 Å². The summed E-state index contributed by atoms with van der Waals surface area (Å²) in [4.78, 5) is 10.9. The number of hydrogen-bond acceptors (Lipinski definition) is 4. The molecule has 1 aromatic carbocycles. The smallest absolute Gasteiger partial charge is 0.345 e. The Morgan fingerprint density at radius 2 is 2.13 bits per heavy atom. The van der Waals surface area contributed by atoms with Crippen molar-refractivity contribution in [1.29, 1.82) is 0 Å². The summed E-state index contributed by atoms with van der Waals surface area (Å²) in [6.45, 7) is 0. The molecule has 0 radical (unpaired) electrons. The number of hydrogen-bond donors (Lipinski definition) is 1. The number of aryl methyl sites for hydroxylation is 1. The van der Waals surface area contributed by atoms with Crippen molar-refractivity contribution >= 4 is 17.7 Å². The van der Waals surface area contributed by atoms with Crippen LogP contribution in [0.3, 0.4) is 0 Å². The second-order valence-electron chi connectivity index (χ2n) is 2.98. The number of thioether (sulfide) groups is 1. The van der Waals surface area contributed by atoms with E-state index in [2.05, 4.69) is 4.74 Å². The zero-order valence-electron chi connectivity index (χ0n) is 8.55. The second-order valence-corrected chi connectivity index (χ2v) is 4.17. The Labute approximate surface area is 93.4 Å². The summed E-state index contributed by atoms with van der Waals surface area (Å²) >= 11 is 1.18. The quantitative estimate of drug-likeness (QED) is 0.610. The van der Waals surface area contributed by atoms with E-state index < -0.39 is 11.4 Å². The summed E-state index contributed by atoms with van der Waals surface area (Å²) in [5.41, 5.74) is 0.126. The highest BCUT2D eigenvalue weighted by atomic mass is 32.2. The van der Waals surface area contributed by atoms with Gasteiger partial charge < -0.3 is 9.84 Å². The van der Waals surface area contributed by atoms with E-state index in [0.717, 1.165) is 6.42 Å². The number of aliphatic hydroxyl groups excluding tert-OH is 1. The van der Waals surface area contributed by atoms with E-state index in [9.17, 15) is 9.90 Å². The maximum atomic E-state index is 10.9. The van der Waals surface area contributed by atoms with Crippen LogP contribution in [-0.4, -0.2) is 29.4 Å². The number of aliphatic hydroxyl groups is 1. The molecule has 0 aliphatic carbocycles. The van der Waals surface area contributed by atoms with Gasteiger partial charge in [0.25, 0.3) is 0 Å². The molecular formula is C11H14O3S. The lowest BCUT2D eigenvalue weighted by atomic mass is 10.2. The van der Waals surface area contributed by atoms with Crippen molar-refractivity contribution in [3.63, 3.8) is 0 Å². The van der Waals surface area contributed by atoms with E-state index in [1.165, 1.54) is 24.4 Å². The van der Waals surface area contributed by atoms with Crippen LogP contribution in [0.1, 0.15) is 5.56 Å². The molecule has 1 rings (SSSR count). The van der Waals surface area contributed by atoms with E-state index in [4.69, 9.17) is 0 Å². The molecule has 0 aliphatic rings. The summed E-state index contributed by atoms with van der Waals surface area (Å²) in [6.07, 6.45) is 0.833. The Kier molecular flexibility index (Phi) is 5.21. The molecule has 0 amide bonds. The molecule has 3 nitrogen and oxygen atoms in total. The molecule has 1 aromatic rings. The van der Waals surface area contributed by atoms with E-state index in [-0.39, 0.29) is 0 Å². The van der Waals surface area contributed by atoms with Gasteiger partial charge in [0.05, 0.1) is 7.11 Å². The number of carbonyl (C=O) groups excluding carboxylic acids is 1. The van der Waals surface area contributed by atoms with E-state index in [1.807, 2.05) is 30.3 Å². The third-order valence-corrected chi connectivity index (χ3v) is 2.86. The maximum Gasteiger partial charge on any atom is 0.345 e. The number of methoxy groups -OCH3 is 1. The van der Waals surface area contributed by atoms with Crippen LogP contribution in [0, 0.1) is 0 Å². The molecule has 0 aromatic heterocycles. The Bertz CT molecular complexity index is 300. The first kappa shape index (κ1) is 12.1. The minimum absolute atomic E-state index is 0.590. The fourth-order valence-electron chi connectivity index (χ4n) is 1.10. The van der Waals surface area contributed by atoms with Gasteiger partial charge in [-0.3, -0.25) is 0 Å². The van der Waals surface area contributed by atoms with Gasteiger partial charge in [-0.2, -0.15) is 0 Å². The minimum atomic E-state index is -1.07. The summed E-state index contributed by atoms with van der Waals surface area (Å²) in [6, 6.07) is 9.93. The van der Waals surface area contributed by atoms with Gasteiger partial charge in [0.2, 0.25) is 0 Å². The van der Waals surface area contributed by atoms with Gasteiger partial charge in [-0.1, -0.05) is 30.3 Å². The zero-order chi connectivity index (χ0) is 11.1. The first-order valence-corrected chi connectivity index (χ1v) is 5.70. The monoisotopic (exact) mass is 226 g/mol. The van der Waals surface area contributed by atoms with Crippen LogP contribution in [-0.2, 0) is 16.0 Å². The van der Waals surface area contributed by atoms with Gasteiger partial charge in [0.1, 0.15) is 0 Å². The predicted molar refractivity (Wildman–Crippen MR) is 60.6 cm³/mol. The van der Waals surface area contributed by atoms with Crippen LogP contribution >= 0.6 is 11.8 Å². The summed E-state index contributed by atoms with van der Waals surface area (Å²) in [7, 11) is 1.27. The zero-order valence-corrected chi connectivity index (χ0v) is 9.37. The lowest BCUT2D eigenvalue weighted by Gasteiger charge is -2.07. The van der Waals surface area contributed by atoms with Gasteiger partial charge in [0.15, 0.2) is 5.44 Å². The van der Waals surface area contributed by atoms with Crippen molar-refractivity contribution in [1.82, 2.24) is 0 Å². The molecule has 0 bridgehead atoms. The molecule has 82 valence electrons. The molecular weight excluding hydrogens is 212 g/mol. The SMILES string of the molecule is COC(=O)C(O)SCCc1ccccc1. The number of esters is 1. The maximum absolute atomic E-state index is 10.9. The molecule has 4 heteroatoms. The van der Waals surface area contributed by atoms with Gasteiger partial charge in [-0.05, 0) is 12.0 Å². The average molecular weight is 226 g/mol. The van der Waals surface area contributed by atoms with Crippen molar-refractivity contribution in [2.45, 2.75) is 11.9 Å². The molecule has 0 saturated carbocycles. The Morgan fingerprint density at radius 1 is 1.47 bits per heavy atom. The highest BCUT2D eigenvalue weighted by molar-refractivity contribution is 8.00. The first-order valence-electron chi connectivity index (χ1n) is 4.65. The summed E-state index contributed by atoms with van der Waals surface area (Å²) < 4.78 is 4.40. The van der Waals surface area contributed by atoms with E-state index in [0.29, 0.717) is 5.75 Å². The van der Waals surface area contributed by atoms with Crippen LogP contribution in [0.15, 0.2) is 30.3 Å². The fraction of sp³-hybridized carbons (Fsp3) is 0.364. The highest BCUT2D eigenvalue weighted by Gasteiger charge is 2.14. The minimum Gasteiger partial charge on any atom is -0.466 e. The molecule has 15 heavy (non-hydrogen) atoms. The van der Waals surface area contributed by atoms with Crippen LogP contribution in [0.25, 0.3) is 0 Å². The van der Waals surface area contributed by atoms with Crippen molar-refractivity contribution in [3.05, 3.63) is 35.9 Å². The molecule has 1 unspecified atom stereocenters. The van der Waals surface area contributed by atoms with Crippen molar-refractivity contribution in [3.8, 4) is 0 Å². The third kappa shape index (κ3) is 4.36. The molecule has 0 spiro atoms. The Balaban J connectivity index is 2.25. The molecule has 0 saturated heterocycles. The Morgan fingerprint density at radius 3 is 2.73 bits per heavy atom. The van der Waals surface area contributed by atoms with Crippen LogP contribution in [0.5, 0.6) is 0 Å². The van der Waals surface area contributed by atoms with Crippen molar-refractivity contribution in [2.24, 2.45) is 0 Å². The fourth-order valence-corrected chi connectivity index (χ4v) is 1.91. The van der Waals surface area contributed by atoms with Gasteiger partial charge in [-0.15, -0.1) is 11.8 Å². The van der Waals surface area contributed by atoms with E-state index in [1.54, 1.807) is 0 Å². The molecule has 0 aliphatic heterocycles. The predicted octanol–water partition coefficient (Wildman–Crippen LogP) is 1.45. The molecule has 1 N–H and O–H groups in total. The number of carbonyl (C=O) groups is 1. The summed E-state index contributed by atoms with van der Waals surface area (Å²) in [5, 5.41) is 9.28. The highest BCUT2D eigenvalue weighted by Crippen LogP contribution is 2.12. The first-order chi connectivity index (χ1) is 7.24. The number of ether oxygens (including phenoxy) is 1. The standard InChI is InChI=1S/C11H14O3S/c1-14-10(12)11(13)15-8-7-9-5-3-2-4-6-9/h2-6,11,13H,7-8H2,1H3. The molecule has 0 heterocycles. The lowest BCUT2D eigenvalue weighted by Crippen LogP contribution is -2.18. The van der Waals surface area contributed by atoms with Crippen LogP contribution < -0.4 is 0 Å². The van der Waals surface area contributed by atoms with E-state index >= 15 is 0 Å². The Hall–Kier alpha value is -1.00. The normalized spacial score (nSPS) is 12.1. The summed E-state index contributed by atoms with van der Waals surface area (Å²) in [5.74, 6) is 0.105. The van der Waals surface area contributed by atoms with Gasteiger partial charge in [0, 0.05) is 5.75 Å². The second kappa shape index (κ2) is 6.48.